The van der Waals surface area contributed by atoms with Crippen LogP contribution in [-0.4, -0.2) is 22.8 Å². The Labute approximate surface area is 130 Å². The average molecular weight is 303 g/mol. The van der Waals surface area contributed by atoms with Gasteiger partial charge in [-0.3, -0.25) is 9.59 Å². The first-order chi connectivity index (χ1) is 10.4. The molecule has 2 unspecified atom stereocenters. The van der Waals surface area contributed by atoms with Gasteiger partial charge in [0.1, 0.15) is 6.61 Å². The second kappa shape index (κ2) is 6.73. The lowest BCUT2D eigenvalue weighted by Crippen LogP contribution is -2.45. The van der Waals surface area contributed by atoms with E-state index in [4.69, 9.17) is 4.74 Å². The Morgan fingerprint density at radius 2 is 1.77 bits per heavy atom. The van der Waals surface area contributed by atoms with Gasteiger partial charge in [-0.05, 0) is 17.9 Å². The average Bonchev–Trinajstić information content (AvgIpc) is 2.58. The topological polar surface area (TPSA) is 63.7 Å². The van der Waals surface area contributed by atoms with Crippen LogP contribution in [0.3, 0.4) is 0 Å². The minimum atomic E-state index is -0.883. The zero-order valence-electron chi connectivity index (χ0n) is 13.1. The first-order valence-corrected chi connectivity index (χ1v) is 7.50. The second-order valence-electron chi connectivity index (χ2n) is 5.95. The molecule has 1 aromatic carbocycles. The first kappa shape index (κ1) is 16.2. The van der Waals surface area contributed by atoms with Crippen molar-refractivity contribution >= 4 is 17.9 Å². The molecule has 2 rings (SSSR count). The van der Waals surface area contributed by atoms with E-state index in [1.807, 2.05) is 37.3 Å². The molecule has 0 bridgehead atoms. The highest BCUT2D eigenvalue weighted by Gasteiger charge is 2.41. The van der Waals surface area contributed by atoms with Gasteiger partial charge in [-0.25, -0.2) is 4.79 Å². The normalized spacial score (nSPS) is 25.8. The number of imide groups is 3. The Morgan fingerprint density at radius 3 is 2.41 bits per heavy atom. The van der Waals surface area contributed by atoms with E-state index in [-0.39, 0.29) is 24.4 Å². The molecule has 0 saturated carbocycles. The fraction of sp³-hybridized carbons (Fsp3) is 0.471. The van der Waals surface area contributed by atoms with Crippen LogP contribution in [0, 0.1) is 17.8 Å². The van der Waals surface area contributed by atoms with Crippen molar-refractivity contribution in [3.63, 3.8) is 0 Å². The molecule has 3 amide bonds. The molecule has 22 heavy (non-hydrogen) atoms. The molecule has 1 aliphatic rings. The molecule has 0 radical (unpaired) electrons. The van der Waals surface area contributed by atoms with Crippen molar-refractivity contribution < 1.29 is 19.1 Å². The van der Waals surface area contributed by atoms with Crippen molar-refractivity contribution in [1.82, 2.24) is 4.90 Å². The van der Waals surface area contributed by atoms with Crippen molar-refractivity contribution in [2.24, 2.45) is 17.8 Å². The van der Waals surface area contributed by atoms with Crippen molar-refractivity contribution in [2.75, 3.05) is 0 Å². The van der Waals surface area contributed by atoms with Gasteiger partial charge in [0, 0.05) is 11.8 Å². The smallest absolute Gasteiger partial charge is 0.423 e. The van der Waals surface area contributed by atoms with Gasteiger partial charge >= 0.3 is 6.09 Å². The van der Waals surface area contributed by atoms with E-state index >= 15 is 0 Å². The van der Waals surface area contributed by atoms with Crippen LogP contribution in [0.25, 0.3) is 0 Å². The van der Waals surface area contributed by atoms with Gasteiger partial charge in [-0.15, -0.1) is 0 Å². The van der Waals surface area contributed by atoms with Crippen LogP contribution < -0.4 is 0 Å². The lowest BCUT2D eigenvalue weighted by atomic mass is 9.89. The molecule has 0 aliphatic carbocycles. The number of benzene rings is 1. The summed E-state index contributed by atoms with van der Waals surface area (Å²) in [5.74, 6) is -1.64. The Hall–Kier alpha value is -2.17. The number of amides is 3. The molecular formula is C17H21NO4. The number of rotatable bonds is 2. The molecule has 5 nitrogen and oxygen atoms in total. The summed E-state index contributed by atoms with van der Waals surface area (Å²) in [6, 6.07) is 9.14. The highest BCUT2D eigenvalue weighted by molar-refractivity contribution is 6.10. The van der Waals surface area contributed by atoms with Crippen LogP contribution in [-0.2, 0) is 20.9 Å². The van der Waals surface area contributed by atoms with Gasteiger partial charge in [0.25, 0.3) is 0 Å². The summed E-state index contributed by atoms with van der Waals surface area (Å²) in [6.07, 6.45) is -0.291. The van der Waals surface area contributed by atoms with Gasteiger partial charge < -0.3 is 4.74 Å². The van der Waals surface area contributed by atoms with E-state index < -0.39 is 17.9 Å². The van der Waals surface area contributed by atoms with E-state index in [1.54, 1.807) is 13.8 Å². The molecule has 3 atom stereocenters. The minimum Gasteiger partial charge on any atom is -0.444 e. The molecule has 5 heteroatoms. The molecule has 1 fully saturated rings. The lowest BCUT2D eigenvalue weighted by Gasteiger charge is -2.20. The summed E-state index contributed by atoms with van der Waals surface area (Å²) in [7, 11) is 0. The first-order valence-electron chi connectivity index (χ1n) is 7.50. The highest BCUT2D eigenvalue weighted by atomic mass is 16.6. The molecular weight excluding hydrogens is 282 g/mol. The van der Waals surface area contributed by atoms with Crippen molar-refractivity contribution in [1.29, 1.82) is 0 Å². The summed E-state index contributed by atoms with van der Waals surface area (Å²) >= 11 is 0. The van der Waals surface area contributed by atoms with E-state index in [0.29, 0.717) is 11.3 Å². The summed E-state index contributed by atoms with van der Waals surface area (Å²) in [6.45, 7) is 5.44. The quantitative estimate of drug-likeness (QED) is 0.788. The summed E-state index contributed by atoms with van der Waals surface area (Å²) in [5.41, 5.74) is 0.806. The third kappa shape index (κ3) is 3.35. The Balaban J connectivity index is 2.12. The van der Waals surface area contributed by atoms with Crippen LogP contribution in [0.2, 0.25) is 0 Å². The standard InChI is InChI=1S/C17H21NO4/c1-11-9-12(2)15(19)18(16(20)13(11)3)17(21)22-10-14-7-5-4-6-8-14/h4-8,11-13H,9-10H2,1-3H3/t11?,12?,13-/m1/s1. The summed E-state index contributed by atoms with van der Waals surface area (Å²) < 4.78 is 5.14. The number of nitrogens with zero attached hydrogens (tertiary/aromatic N) is 1. The van der Waals surface area contributed by atoms with Crippen LogP contribution in [0.5, 0.6) is 0 Å². The Kier molecular flexibility index (Phi) is 4.96. The van der Waals surface area contributed by atoms with Gasteiger partial charge in [-0.2, -0.15) is 4.90 Å². The maximum absolute atomic E-state index is 12.4. The number of hydrogen-bond acceptors (Lipinski definition) is 4. The largest absolute Gasteiger partial charge is 0.444 e. The molecule has 1 aliphatic heterocycles. The summed E-state index contributed by atoms with van der Waals surface area (Å²) in [4.78, 5) is 37.6. The third-order valence-corrected chi connectivity index (χ3v) is 4.22. The van der Waals surface area contributed by atoms with Crippen LogP contribution in [0.4, 0.5) is 4.79 Å². The summed E-state index contributed by atoms with van der Waals surface area (Å²) in [5, 5.41) is 0. The predicted octanol–water partition coefficient (Wildman–Crippen LogP) is 2.99. The van der Waals surface area contributed by atoms with E-state index in [9.17, 15) is 14.4 Å². The predicted molar refractivity (Wildman–Crippen MR) is 80.6 cm³/mol. The maximum Gasteiger partial charge on any atom is 0.423 e. The van der Waals surface area contributed by atoms with Crippen molar-refractivity contribution in [3.05, 3.63) is 35.9 Å². The van der Waals surface area contributed by atoms with Crippen LogP contribution in [0.1, 0.15) is 32.8 Å². The highest BCUT2D eigenvalue weighted by Crippen LogP contribution is 2.28. The van der Waals surface area contributed by atoms with E-state index in [0.717, 1.165) is 5.56 Å². The second-order valence-corrected chi connectivity index (χ2v) is 5.95. The maximum atomic E-state index is 12.4. The van der Waals surface area contributed by atoms with Gasteiger partial charge in [-0.1, -0.05) is 51.1 Å². The number of likely N-dealkylation sites (tertiary alicyclic amines) is 1. The van der Waals surface area contributed by atoms with Crippen molar-refractivity contribution in [3.8, 4) is 0 Å². The molecule has 0 spiro atoms. The van der Waals surface area contributed by atoms with Gasteiger partial charge in [0.05, 0.1) is 0 Å². The monoisotopic (exact) mass is 303 g/mol. The SMILES string of the molecule is CC1CC(C)[C@@H](C)C(=O)N(C(=O)OCc2ccccc2)C1=O. The fourth-order valence-corrected chi connectivity index (χ4v) is 2.60. The van der Waals surface area contributed by atoms with Gasteiger partial charge in [0.15, 0.2) is 0 Å². The number of carbonyl (C=O) groups is 3. The van der Waals surface area contributed by atoms with Crippen LogP contribution >= 0.6 is 0 Å². The Bertz CT molecular complexity index is 569. The fourth-order valence-electron chi connectivity index (χ4n) is 2.60. The zero-order chi connectivity index (χ0) is 16.3. The molecule has 1 saturated heterocycles. The van der Waals surface area contributed by atoms with Gasteiger partial charge in [0.2, 0.25) is 11.8 Å². The van der Waals surface area contributed by atoms with Crippen molar-refractivity contribution in [2.45, 2.75) is 33.8 Å². The van der Waals surface area contributed by atoms with E-state index in [2.05, 4.69) is 0 Å². The molecule has 118 valence electrons. The molecule has 1 aromatic rings. The number of hydrogen-bond donors (Lipinski definition) is 0. The number of ether oxygens (including phenoxy) is 1. The number of carbonyl (C=O) groups excluding carboxylic acids is 3. The van der Waals surface area contributed by atoms with Crippen LogP contribution in [0.15, 0.2) is 30.3 Å². The Morgan fingerprint density at radius 1 is 1.14 bits per heavy atom. The lowest BCUT2D eigenvalue weighted by molar-refractivity contribution is -0.145. The molecule has 1 heterocycles. The van der Waals surface area contributed by atoms with E-state index in [1.165, 1.54) is 0 Å². The molecule has 0 aromatic heterocycles. The third-order valence-electron chi connectivity index (χ3n) is 4.22. The zero-order valence-corrected chi connectivity index (χ0v) is 13.1. The minimum absolute atomic E-state index is 0.0368. The molecule has 0 N–H and O–H groups in total.